The molecular formula is C23H24BrN3O4S. The van der Waals surface area contributed by atoms with Crippen molar-refractivity contribution in [3.8, 4) is 11.5 Å². The third-order valence-corrected chi connectivity index (χ3v) is 6.25. The van der Waals surface area contributed by atoms with Crippen LogP contribution in [0.2, 0.25) is 0 Å². The molecule has 1 aliphatic heterocycles. The fourth-order valence-electron chi connectivity index (χ4n) is 2.95. The maximum absolute atomic E-state index is 12.4. The quantitative estimate of drug-likeness (QED) is 0.538. The minimum absolute atomic E-state index is 0.113. The van der Waals surface area contributed by atoms with Crippen molar-refractivity contribution in [3.05, 3.63) is 56.9 Å². The first-order valence-electron chi connectivity index (χ1n) is 9.92. The Bertz CT molecular complexity index is 1080. The van der Waals surface area contributed by atoms with Gasteiger partial charge in [-0.05, 0) is 77.4 Å². The Labute approximate surface area is 200 Å². The van der Waals surface area contributed by atoms with Crippen LogP contribution in [0.4, 0.5) is 5.69 Å². The fraction of sp³-hybridized carbons (Fsp3) is 0.261. The first kappa shape index (κ1) is 23.9. The smallest absolute Gasteiger partial charge is 0.266 e. The molecular weight excluding hydrogens is 494 g/mol. The highest BCUT2D eigenvalue weighted by Crippen LogP contribution is 2.39. The highest BCUT2D eigenvalue weighted by atomic mass is 79.9. The molecule has 0 radical (unpaired) electrons. The maximum Gasteiger partial charge on any atom is 0.266 e. The third kappa shape index (κ3) is 5.72. The molecule has 168 valence electrons. The number of hydrogen-bond acceptors (Lipinski definition) is 6. The van der Waals surface area contributed by atoms with Gasteiger partial charge in [-0.15, -0.1) is 0 Å². The van der Waals surface area contributed by atoms with Gasteiger partial charge in [0.25, 0.3) is 11.8 Å². The van der Waals surface area contributed by atoms with Crippen molar-refractivity contribution >= 4 is 56.4 Å². The maximum atomic E-state index is 12.4. The fourth-order valence-corrected chi connectivity index (χ4v) is 4.45. The number of hydrogen-bond donors (Lipinski definition) is 1. The molecule has 0 atom stereocenters. The number of aryl methyl sites for hydroxylation is 1. The van der Waals surface area contributed by atoms with Crippen LogP contribution in [0, 0.1) is 6.92 Å². The molecule has 0 saturated carbocycles. The number of carbonyl (C=O) groups excluding carboxylic acids is 2. The van der Waals surface area contributed by atoms with E-state index in [0.717, 1.165) is 11.1 Å². The molecule has 0 aromatic heterocycles. The van der Waals surface area contributed by atoms with E-state index in [1.807, 2.05) is 44.2 Å². The third-order valence-electron chi connectivity index (χ3n) is 4.51. The van der Waals surface area contributed by atoms with Crippen LogP contribution in [0.5, 0.6) is 11.5 Å². The molecule has 0 bridgehead atoms. The second-order valence-electron chi connectivity index (χ2n) is 6.95. The van der Waals surface area contributed by atoms with E-state index in [4.69, 9.17) is 9.47 Å². The van der Waals surface area contributed by atoms with E-state index < -0.39 is 0 Å². The van der Waals surface area contributed by atoms with Gasteiger partial charge in [0.2, 0.25) is 0 Å². The second-order valence-corrected chi connectivity index (χ2v) is 8.81. The van der Waals surface area contributed by atoms with Crippen molar-refractivity contribution in [1.29, 1.82) is 0 Å². The highest BCUT2D eigenvalue weighted by Gasteiger charge is 2.29. The number of amides is 2. The molecule has 0 aliphatic carbocycles. The number of rotatable bonds is 7. The summed E-state index contributed by atoms with van der Waals surface area (Å²) in [5, 5.41) is 3.45. The summed E-state index contributed by atoms with van der Waals surface area (Å²) < 4.78 is 12.1. The van der Waals surface area contributed by atoms with Crippen molar-refractivity contribution < 1.29 is 19.1 Å². The predicted molar refractivity (Wildman–Crippen MR) is 132 cm³/mol. The van der Waals surface area contributed by atoms with Gasteiger partial charge in [-0.1, -0.05) is 17.7 Å². The molecule has 2 amide bonds. The summed E-state index contributed by atoms with van der Waals surface area (Å²) in [5.41, 5.74) is 2.58. The van der Waals surface area contributed by atoms with Crippen LogP contribution < -0.4 is 14.8 Å². The lowest BCUT2D eigenvalue weighted by molar-refractivity contribution is -0.121. The van der Waals surface area contributed by atoms with E-state index in [1.165, 1.54) is 16.7 Å². The van der Waals surface area contributed by atoms with Crippen LogP contribution in [0.15, 0.2) is 50.8 Å². The Morgan fingerprint density at radius 2 is 1.97 bits per heavy atom. The number of carbonyl (C=O) groups is 2. The lowest BCUT2D eigenvalue weighted by Crippen LogP contribution is -2.23. The highest BCUT2D eigenvalue weighted by molar-refractivity contribution is 9.10. The normalized spacial score (nSPS) is 16.0. The largest absolute Gasteiger partial charge is 0.490 e. The van der Waals surface area contributed by atoms with E-state index in [0.29, 0.717) is 38.3 Å². The van der Waals surface area contributed by atoms with Crippen LogP contribution in [0.1, 0.15) is 18.1 Å². The number of ether oxygens (including phenoxy) is 2. The summed E-state index contributed by atoms with van der Waals surface area (Å²) in [4.78, 5) is 30.9. The number of nitrogens with zero attached hydrogens (tertiary/aromatic N) is 2. The van der Waals surface area contributed by atoms with Crippen LogP contribution in [-0.4, -0.2) is 49.2 Å². The summed E-state index contributed by atoms with van der Waals surface area (Å²) >= 11 is 4.82. The average molecular weight is 518 g/mol. The van der Waals surface area contributed by atoms with Crippen molar-refractivity contribution in [2.75, 3.05) is 32.6 Å². The van der Waals surface area contributed by atoms with Gasteiger partial charge < -0.3 is 14.8 Å². The molecule has 1 N–H and O–H groups in total. The van der Waals surface area contributed by atoms with Crippen LogP contribution >= 0.6 is 27.7 Å². The lowest BCUT2D eigenvalue weighted by Gasteiger charge is -2.15. The number of benzene rings is 2. The van der Waals surface area contributed by atoms with Crippen molar-refractivity contribution in [1.82, 2.24) is 4.90 Å². The molecule has 2 aromatic carbocycles. The summed E-state index contributed by atoms with van der Waals surface area (Å²) in [6, 6.07) is 11.1. The number of likely N-dealkylation sites (N-methyl/N-ethyl adjacent to an activating group) is 1. The van der Waals surface area contributed by atoms with Gasteiger partial charge in [-0.3, -0.25) is 19.5 Å². The molecule has 9 heteroatoms. The number of thioether (sulfide) groups is 1. The van der Waals surface area contributed by atoms with Gasteiger partial charge >= 0.3 is 0 Å². The Kier molecular flexibility index (Phi) is 7.98. The van der Waals surface area contributed by atoms with Gasteiger partial charge in [0.1, 0.15) is 0 Å². The second kappa shape index (κ2) is 10.7. The van der Waals surface area contributed by atoms with Crippen molar-refractivity contribution in [2.24, 2.45) is 4.99 Å². The van der Waals surface area contributed by atoms with E-state index in [-0.39, 0.29) is 18.4 Å². The molecule has 3 rings (SSSR count). The zero-order valence-electron chi connectivity index (χ0n) is 18.3. The topological polar surface area (TPSA) is 80.2 Å². The van der Waals surface area contributed by atoms with Gasteiger partial charge in [0.15, 0.2) is 23.3 Å². The molecule has 0 unspecified atom stereocenters. The van der Waals surface area contributed by atoms with Crippen molar-refractivity contribution in [2.45, 2.75) is 13.8 Å². The van der Waals surface area contributed by atoms with E-state index in [1.54, 1.807) is 26.2 Å². The lowest BCUT2D eigenvalue weighted by atomic mass is 10.2. The summed E-state index contributed by atoms with van der Waals surface area (Å²) in [6.07, 6.45) is 1.78. The van der Waals surface area contributed by atoms with E-state index in [9.17, 15) is 9.59 Å². The Hall–Kier alpha value is -2.78. The van der Waals surface area contributed by atoms with Crippen LogP contribution in [-0.2, 0) is 9.59 Å². The molecule has 1 fully saturated rings. The number of halogens is 1. The minimum atomic E-state index is -0.281. The van der Waals surface area contributed by atoms with Gasteiger partial charge in [-0.25, -0.2) is 0 Å². The number of aliphatic imine (C=N–C) groups is 1. The minimum Gasteiger partial charge on any atom is -0.490 e. The SMILES string of the molecule is CCOc1cc(/C=C2/SC(=NC)N(C)C2=O)cc(Br)c1OCC(=O)Nc1ccc(C)cc1. The van der Waals surface area contributed by atoms with Gasteiger partial charge in [0.05, 0.1) is 16.0 Å². The Balaban J connectivity index is 1.77. The van der Waals surface area contributed by atoms with E-state index >= 15 is 0 Å². The number of anilines is 1. The molecule has 1 saturated heterocycles. The predicted octanol–water partition coefficient (Wildman–Crippen LogP) is 4.71. The van der Waals surface area contributed by atoms with Crippen LogP contribution in [0.25, 0.3) is 6.08 Å². The molecule has 1 aliphatic rings. The van der Waals surface area contributed by atoms with E-state index in [2.05, 4.69) is 26.2 Å². The monoisotopic (exact) mass is 517 g/mol. The summed E-state index contributed by atoms with van der Waals surface area (Å²) in [5.74, 6) is 0.506. The van der Waals surface area contributed by atoms with Crippen LogP contribution in [0.3, 0.4) is 0 Å². The summed E-state index contributed by atoms with van der Waals surface area (Å²) in [6.45, 7) is 4.09. The Morgan fingerprint density at radius 3 is 2.59 bits per heavy atom. The zero-order valence-corrected chi connectivity index (χ0v) is 20.7. The molecule has 2 aromatic rings. The molecule has 0 spiro atoms. The van der Waals surface area contributed by atoms with Gasteiger partial charge in [0, 0.05) is 19.8 Å². The number of amidine groups is 1. The molecule has 32 heavy (non-hydrogen) atoms. The number of nitrogens with one attached hydrogen (secondary N) is 1. The Morgan fingerprint density at radius 1 is 1.25 bits per heavy atom. The first-order valence-corrected chi connectivity index (χ1v) is 11.5. The van der Waals surface area contributed by atoms with Gasteiger partial charge in [-0.2, -0.15) is 0 Å². The molecule has 7 nitrogen and oxygen atoms in total. The first-order chi connectivity index (χ1) is 15.3. The standard InChI is InChI=1S/C23H24BrN3O4S/c1-5-30-18-11-15(12-19-22(29)27(4)23(25-3)32-19)10-17(24)21(18)31-13-20(28)26-16-8-6-14(2)7-9-16/h6-12H,5,13H2,1-4H3,(H,26,28)/b19-12+,25-23?. The van der Waals surface area contributed by atoms with Crippen molar-refractivity contribution in [3.63, 3.8) is 0 Å². The zero-order chi connectivity index (χ0) is 23.3. The molecule has 1 heterocycles. The summed E-state index contributed by atoms with van der Waals surface area (Å²) in [7, 11) is 3.35. The average Bonchev–Trinajstić information content (AvgIpc) is 3.03.